The third-order valence-corrected chi connectivity index (χ3v) is 7.62. The molecular weight excluding hydrogens is 424 g/mol. The number of hydrogen-bond donors (Lipinski definition) is 0. The van der Waals surface area contributed by atoms with E-state index >= 15 is 0 Å². The second kappa shape index (κ2) is 7.65. The minimum absolute atomic E-state index is 0.113. The van der Waals surface area contributed by atoms with Crippen molar-refractivity contribution >= 4 is 34.0 Å². The highest BCUT2D eigenvalue weighted by molar-refractivity contribution is 7.87. The Hall–Kier alpha value is -2.47. The quantitative estimate of drug-likeness (QED) is 0.208. The second-order valence-electron chi connectivity index (χ2n) is 7.76. The Morgan fingerprint density at radius 1 is 1.10 bits per heavy atom. The average Bonchev–Trinajstić information content (AvgIpc) is 3.15. The van der Waals surface area contributed by atoms with Crippen LogP contribution in [0.1, 0.15) is 26.7 Å². The number of esters is 4. The molecule has 1 aliphatic heterocycles. The summed E-state index contributed by atoms with van der Waals surface area (Å²) in [6.45, 7) is 4.38. The molecule has 11 nitrogen and oxygen atoms in total. The van der Waals surface area contributed by atoms with Crippen molar-refractivity contribution in [3.05, 3.63) is 12.7 Å². The maximum Gasteiger partial charge on any atom is 0.344 e. The molecule has 0 amide bonds. The van der Waals surface area contributed by atoms with Gasteiger partial charge in [0.15, 0.2) is 6.61 Å². The van der Waals surface area contributed by atoms with Crippen molar-refractivity contribution in [3.8, 4) is 0 Å². The summed E-state index contributed by atoms with van der Waals surface area (Å²) in [6.07, 6.45) is -0.940. The molecule has 1 heterocycles. The molecule has 166 valence electrons. The van der Waals surface area contributed by atoms with Crippen LogP contribution in [0.2, 0.25) is 0 Å². The molecule has 0 spiro atoms. The first-order valence-electron chi connectivity index (χ1n) is 9.13. The van der Waals surface area contributed by atoms with E-state index < -0.39 is 68.9 Å². The molecule has 2 bridgehead atoms. The lowest BCUT2D eigenvalue weighted by molar-refractivity contribution is -0.170. The molecule has 5 atom stereocenters. The summed E-state index contributed by atoms with van der Waals surface area (Å²) < 4.78 is 51.1. The normalized spacial score (nSPS) is 34.8. The summed E-state index contributed by atoms with van der Waals surface area (Å²) in [5, 5.41) is -1.32. The Kier molecular flexibility index (Phi) is 5.67. The molecule has 1 saturated heterocycles. The highest BCUT2D eigenvalue weighted by atomic mass is 32.2. The SMILES string of the molecule is C=CC(=O)OCC(=O)OC1C2C3(COC(C)=O)CC1(COC(C)=O)CC3OS2(=O)=O. The fraction of sp³-hybridized carbons (Fsp3) is 0.667. The molecule has 0 aromatic carbocycles. The minimum atomic E-state index is -4.18. The van der Waals surface area contributed by atoms with Gasteiger partial charge in [-0.3, -0.25) is 13.8 Å². The molecule has 2 aliphatic carbocycles. The first kappa shape index (κ1) is 22.2. The minimum Gasteiger partial charge on any atom is -0.465 e. The molecule has 3 aliphatic rings. The summed E-state index contributed by atoms with van der Waals surface area (Å²) in [7, 11) is -4.18. The third kappa shape index (κ3) is 3.69. The predicted octanol–water partition coefficient (Wildman–Crippen LogP) is -0.369. The van der Waals surface area contributed by atoms with Crippen LogP contribution in [0.5, 0.6) is 0 Å². The van der Waals surface area contributed by atoms with E-state index in [-0.39, 0.29) is 26.1 Å². The van der Waals surface area contributed by atoms with Gasteiger partial charge in [0.05, 0.1) is 11.5 Å². The van der Waals surface area contributed by atoms with E-state index in [9.17, 15) is 27.6 Å². The van der Waals surface area contributed by atoms with E-state index in [1.54, 1.807) is 0 Å². The Morgan fingerprint density at radius 2 is 1.73 bits per heavy atom. The molecule has 0 radical (unpaired) electrons. The van der Waals surface area contributed by atoms with Gasteiger partial charge in [-0.2, -0.15) is 8.42 Å². The smallest absolute Gasteiger partial charge is 0.344 e. The van der Waals surface area contributed by atoms with Crippen LogP contribution in [0.25, 0.3) is 0 Å². The zero-order valence-corrected chi connectivity index (χ0v) is 17.3. The van der Waals surface area contributed by atoms with Crippen LogP contribution in [0.3, 0.4) is 0 Å². The summed E-state index contributed by atoms with van der Waals surface area (Å²) >= 11 is 0. The predicted molar refractivity (Wildman–Crippen MR) is 96.0 cm³/mol. The van der Waals surface area contributed by atoms with E-state index in [1.165, 1.54) is 13.8 Å². The Balaban J connectivity index is 1.92. The van der Waals surface area contributed by atoms with Crippen molar-refractivity contribution in [1.82, 2.24) is 0 Å². The largest absolute Gasteiger partial charge is 0.465 e. The summed E-state index contributed by atoms with van der Waals surface area (Å²) in [4.78, 5) is 46.2. The van der Waals surface area contributed by atoms with Crippen molar-refractivity contribution < 1.29 is 50.7 Å². The highest BCUT2D eigenvalue weighted by Crippen LogP contribution is 2.69. The number of rotatable bonds is 8. The zero-order chi connectivity index (χ0) is 22.3. The van der Waals surface area contributed by atoms with Gasteiger partial charge in [-0.15, -0.1) is 0 Å². The van der Waals surface area contributed by atoms with Crippen molar-refractivity contribution in [2.75, 3.05) is 19.8 Å². The van der Waals surface area contributed by atoms with Crippen molar-refractivity contribution in [2.24, 2.45) is 10.8 Å². The Labute approximate surface area is 172 Å². The van der Waals surface area contributed by atoms with Gasteiger partial charge in [0.25, 0.3) is 10.1 Å². The Bertz CT molecular complexity index is 894. The van der Waals surface area contributed by atoms with Gasteiger partial charge in [-0.25, -0.2) is 9.59 Å². The lowest BCUT2D eigenvalue weighted by Gasteiger charge is -2.37. The van der Waals surface area contributed by atoms with E-state index in [2.05, 4.69) is 11.3 Å². The molecule has 12 heteroatoms. The van der Waals surface area contributed by atoms with Gasteiger partial charge >= 0.3 is 23.9 Å². The zero-order valence-electron chi connectivity index (χ0n) is 16.5. The number of fused-ring (bicyclic) bond motifs is 1. The maximum atomic E-state index is 12.8. The Morgan fingerprint density at radius 3 is 2.33 bits per heavy atom. The molecule has 5 unspecified atom stereocenters. The summed E-state index contributed by atoms with van der Waals surface area (Å²) in [5.74, 6) is -3.02. The van der Waals surface area contributed by atoms with Crippen molar-refractivity contribution in [1.29, 1.82) is 0 Å². The van der Waals surface area contributed by atoms with Crippen LogP contribution >= 0.6 is 0 Å². The number of ether oxygens (including phenoxy) is 4. The van der Waals surface area contributed by atoms with Crippen LogP contribution < -0.4 is 0 Å². The van der Waals surface area contributed by atoms with Crippen LogP contribution in [-0.2, 0) is 52.4 Å². The van der Waals surface area contributed by atoms with Crippen LogP contribution in [0.15, 0.2) is 12.7 Å². The molecule has 0 N–H and O–H groups in total. The lowest BCUT2D eigenvalue weighted by Crippen LogP contribution is -2.52. The van der Waals surface area contributed by atoms with Gasteiger partial charge in [0, 0.05) is 25.3 Å². The first-order valence-corrected chi connectivity index (χ1v) is 10.6. The summed E-state index contributed by atoms with van der Waals surface area (Å²) in [6, 6.07) is 0. The van der Waals surface area contributed by atoms with Crippen molar-refractivity contribution in [2.45, 2.75) is 44.1 Å². The molecule has 3 fully saturated rings. The van der Waals surface area contributed by atoms with Gasteiger partial charge in [0.1, 0.15) is 24.6 Å². The molecule has 2 saturated carbocycles. The van der Waals surface area contributed by atoms with Crippen molar-refractivity contribution in [3.63, 3.8) is 0 Å². The van der Waals surface area contributed by atoms with E-state index in [0.29, 0.717) is 0 Å². The molecule has 0 aromatic rings. The monoisotopic (exact) mass is 446 g/mol. The van der Waals surface area contributed by atoms with Gasteiger partial charge in [-0.05, 0) is 12.8 Å². The number of carbonyl (C=O) groups is 4. The highest BCUT2D eigenvalue weighted by Gasteiger charge is 2.80. The maximum absolute atomic E-state index is 12.8. The molecule has 3 rings (SSSR count). The fourth-order valence-electron chi connectivity index (χ4n) is 4.78. The van der Waals surface area contributed by atoms with Crippen LogP contribution in [0.4, 0.5) is 0 Å². The van der Waals surface area contributed by atoms with Crippen LogP contribution in [-0.4, -0.2) is 69.6 Å². The lowest BCUT2D eigenvalue weighted by atomic mass is 9.78. The standard InChI is InChI=1S/C18H22O11S/c1-4-13(21)25-6-14(22)28-15-16-18(9-27-11(3)20)7-17(15,8-26-10(2)19)5-12(18)29-30(16,23)24/h4,12,15-16H,1,5-9H2,2-3H3. The van der Waals surface area contributed by atoms with Gasteiger partial charge in [-0.1, -0.05) is 6.58 Å². The third-order valence-electron chi connectivity index (χ3n) is 5.79. The molecule has 0 aromatic heterocycles. The number of hydrogen-bond acceptors (Lipinski definition) is 11. The number of carbonyl (C=O) groups excluding carboxylic acids is 4. The van der Waals surface area contributed by atoms with E-state index in [4.69, 9.17) is 18.4 Å². The second-order valence-corrected chi connectivity index (χ2v) is 9.44. The van der Waals surface area contributed by atoms with Gasteiger partial charge < -0.3 is 18.9 Å². The van der Waals surface area contributed by atoms with Crippen LogP contribution in [0, 0.1) is 10.8 Å². The van der Waals surface area contributed by atoms with E-state index in [0.717, 1.165) is 6.08 Å². The molecule has 30 heavy (non-hydrogen) atoms. The topological polar surface area (TPSA) is 149 Å². The van der Waals surface area contributed by atoms with E-state index in [1.807, 2.05) is 0 Å². The fourth-order valence-corrected chi connectivity index (χ4v) is 7.01. The van der Waals surface area contributed by atoms with Gasteiger partial charge in [0.2, 0.25) is 0 Å². The molecular formula is C18H22O11S. The average molecular weight is 446 g/mol. The first-order chi connectivity index (χ1) is 14.0. The summed E-state index contributed by atoms with van der Waals surface area (Å²) in [5.41, 5.74) is -2.20.